The Morgan fingerprint density at radius 2 is 1.70 bits per heavy atom. The highest BCUT2D eigenvalue weighted by molar-refractivity contribution is 5.91. The average Bonchev–Trinajstić information content (AvgIpc) is 3.32. The fraction of sp³-hybridized carbons (Fsp3) is 0.192. The normalized spacial score (nSPS) is 10.8. The lowest BCUT2D eigenvalue weighted by Crippen LogP contribution is -2.24. The molecule has 4 aromatic rings. The second-order valence-corrected chi connectivity index (χ2v) is 7.65. The molecule has 2 heterocycles. The Balaban J connectivity index is 1.44. The number of oxazole rings is 1. The topological polar surface area (TPSA) is 80.5 Å². The number of aromatic nitrogens is 2. The van der Waals surface area contributed by atoms with Crippen LogP contribution in [-0.2, 0) is 26.2 Å². The standard InChI is InChI=1S/C26H26N4O3/c1-32-23-9-5-8-22(14-23)17-30(16-21-6-3-2-4-7-21)18-25-29-24(19-33-25)26(31)28-15-20-10-12-27-13-11-20/h2-14,19H,15-18H2,1H3,(H,28,31). The Morgan fingerprint density at radius 1 is 0.939 bits per heavy atom. The third kappa shape index (κ3) is 6.51. The number of carbonyl (C=O) groups is 1. The Morgan fingerprint density at radius 3 is 2.48 bits per heavy atom. The van der Waals surface area contributed by atoms with Crippen molar-refractivity contribution in [1.29, 1.82) is 0 Å². The molecule has 0 unspecified atom stereocenters. The number of rotatable bonds is 10. The molecular formula is C26H26N4O3. The summed E-state index contributed by atoms with van der Waals surface area (Å²) < 4.78 is 11.0. The first-order valence-electron chi connectivity index (χ1n) is 10.7. The van der Waals surface area contributed by atoms with Crippen molar-refractivity contribution in [3.8, 4) is 5.75 Å². The minimum absolute atomic E-state index is 0.264. The lowest BCUT2D eigenvalue weighted by atomic mass is 10.1. The number of ether oxygens (including phenoxy) is 1. The van der Waals surface area contributed by atoms with E-state index in [1.807, 2.05) is 48.5 Å². The summed E-state index contributed by atoms with van der Waals surface area (Å²) >= 11 is 0. The molecule has 2 aromatic carbocycles. The lowest BCUT2D eigenvalue weighted by molar-refractivity contribution is 0.0945. The van der Waals surface area contributed by atoms with Gasteiger partial charge in [0.15, 0.2) is 5.69 Å². The SMILES string of the molecule is COc1cccc(CN(Cc2ccccc2)Cc2nc(C(=O)NCc3ccncc3)co2)c1. The Hall–Kier alpha value is -3.97. The third-order valence-electron chi connectivity index (χ3n) is 5.14. The molecular weight excluding hydrogens is 416 g/mol. The van der Waals surface area contributed by atoms with Crippen LogP contribution >= 0.6 is 0 Å². The zero-order valence-corrected chi connectivity index (χ0v) is 18.5. The van der Waals surface area contributed by atoms with Crippen molar-refractivity contribution in [2.45, 2.75) is 26.2 Å². The van der Waals surface area contributed by atoms with E-state index in [1.165, 1.54) is 11.8 Å². The molecule has 33 heavy (non-hydrogen) atoms. The van der Waals surface area contributed by atoms with Gasteiger partial charge in [-0.25, -0.2) is 4.98 Å². The maximum atomic E-state index is 12.5. The van der Waals surface area contributed by atoms with E-state index in [1.54, 1.807) is 19.5 Å². The molecule has 0 aliphatic rings. The smallest absolute Gasteiger partial charge is 0.273 e. The maximum Gasteiger partial charge on any atom is 0.273 e. The lowest BCUT2D eigenvalue weighted by Gasteiger charge is -2.21. The van der Waals surface area contributed by atoms with Crippen LogP contribution in [-0.4, -0.2) is 27.9 Å². The number of nitrogens with one attached hydrogen (secondary N) is 1. The highest BCUT2D eigenvalue weighted by atomic mass is 16.5. The molecule has 0 saturated carbocycles. The monoisotopic (exact) mass is 442 g/mol. The van der Waals surface area contributed by atoms with Gasteiger partial charge in [-0.3, -0.25) is 14.7 Å². The van der Waals surface area contributed by atoms with Gasteiger partial charge in [0.25, 0.3) is 5.91 Å². The van der Waals surface area contributed by atoms with Crippen LogP contribution in [0.4, 0.5) is 0 Å². The Kier molecular flexibility index (Phi) is 7.45. The second-order valence-electron chi connectivity index (χ2n) is 7.65. The fourth-order valence-electron chi connectivity index (χ4n) is 3.49. The molecule has 7 nitrogen and oxygen atoms in total. The van der Waals surface area contributed by atoms with E-state index in [0.29, 0.717) is 32.1 Å². The van der Waals surface area contributed by atoms with E-state index < -0.39 is 0 Å². The molecule has 4 rings (SSSR count). The first-order chi connectivity index (χ1) is 16.2. The Labute approximate surface area is 193 Å². The van der Waals surface area contributed by atoms with E-state index in [4.69, 9.17) is 9.15 Å². The number of pyridine rings is 1. The molecule has 1 amide bonds. The quantitative estimate of drug-likeness (QED) is 0.396. The summed E-state index contributed by atoms with van der Waals surface area (Å²) in [5.41, 5.74) is 3.53. The highest BCUT2D eigenvalue weighted by Gasteiger charge is 2.16. The maximum absolute atomic E-state index is 12.5. The summed E-state index contributed by atoms with van der Waals surface area (Å²) in [6.45, 7) is 2.26. The van der Waals surface area contributed by atoms with E-state index in [9.17, 15) is 4.79 Å². The summed E-state index contributed by atoms with van der Waals surface area (Å²) in [6, 6.07) is 21.9. The first-order valence-corrected chi connectivity index (χ1v) is 10.7. The van der Waals surface area contributed by atoms with Crippen LogP contribution in [0.1, 0.15) is 33.1 Å². The molecule has 0 aliphatic carbocycles. The number of hydrogen-bond acceptors (Lipinski definition) is 6. The molecule has 0 radical (unpaired) electrons. The number of hydrogen-bond donors (Lipinski definition) is 1. The Bertz CT molecular complexity index is 1160. The molecule has 0 atom stereocenters. The highest BCUT2D eigenvalue weighted by Crippen LogP contribution is 2.18. The van der Waals surface area contributed by atoms with Crippen molar-refractivity contribution in [3.05, 3.63) is 114 Å². The van der Waals surface area contributed by atoms with Crippen LogP contribution in [0.15, 0.2) is 89.8 Å². The van der Waals surface area contributed by atoms with Gasteiger partial charge in [0, 0.05) is 32.0 Å². The van der Waals surface area contributed by atoms with Crippen molar-refractivity contribution in [2.24, 2.45) is 0 Å². The van der Waals surface area contributed by atoms with Gasteiger partial charge < -0.3 is 14.5 Å². The van der Waals surface area contributed by atoms with Gasteiger partial charge in [0.1, 0.15) is 12.0 Å². The average molecular weight is 443 g/mol. The molecule has 168 valence electrons. The van der Waals surface area contributed by atoms with Crippen molar-refractivity contribution in [1.82, 2.24) is 20.2 Å². The summed E-state index contributed by atoms with van der Waals surface area (Å²) in [5, 5.41) is 2.86. The van der Waals surface area contributed by atoms with Crippen molar-refractivity contribution < 1.29 is 13.9 Å². The van der Waals surface area contributed by atoms with E-state index >= 15 is 0 Å². The number of benzene rings is 2. The molecule has 2 aromatic heterocycles. The molecule has 0 aliphatic heterocycles. The van der Waals surface area contributed by atoms with Crippen LogP contribution in [0.5, 0.6) is 5.75 Å². The molecule has 0 spiro atoms. The first kappa shape index (κ1) is 22.2. The molecule has 0 fully saturated rings. The zero-order chi connectivity index (χ0) is 22.9. The largest absolute Gasteiger partial charge is 0.497 e. The number of carbonyl (C=O) groups excluding carboxylic acids is 1. The van der Waals surface area contributed by atoms with Crippen molar-refractivity contribution >= 4 is 5.91 Å². The third-order valence-corrected chi connectivity index (χ3v) is 5.14. The summed E-state index contributed by atoms with van der Waals surface area (Å²) in [4.78, 5) is 23.1. The summed E-state index contributed by atoms with van der Waals surface area (Å²) in [7, 11) is 1.66. The zero-order valence-electron chi connectivity index (χ0n) is 18.5. The molecule has 0 bridgehead atoms. The second kappa shape index (κ2) is 11.1. The van der Waals surface area contributed by atoms with Crippen LogP contribution in [0.2, 0.25) is 0 Å². The van der Waals surface area contributed by atoms with Gasteiger partial charge in [-0.2, -0.15) is 0 Å². The molecule has 1 N–H and O–H groups in total. The summed E-state index contributed by atoms with van der Waals surface area (Å²) in [6.07, 6.45) is 4.79. The predicted octanol–water partition coefficient (Wildman–Crippen LogP) is 4.21. The fourth-order valence-corrected chi connectivity index (χ4v) is 3.49. The number of nitrogens with zero attached hydrogens (tertiary/aromatic N) is 3. The minimum Gasteiger partial charge on any atom is -0.497 e. The number of methoxy groups -OCH3 is 1. The van der Waals surface area contributed by atoms with Crippen LogP contribution in [0, 0.1) is 0 Å². The van der Waals surface area contributed by atoms with Gasteiger partial charge in [-0.15, -0.1) is 0 Å². The predicted molar refractivity (Wildman–Crippen MR) is 124 cm³/mol. The minimum atomic E-state index is -0.274. The van der Waals surface area contributed by atoms with E-state index in [-0.39, 0.29) is 11.6 Å². The van der Waals surface area contributed by atoms with Gasteiger partial charge in [-0.05, 0) is 41.0 Å². The number of amides is 1. The molecule has 0 saturated heterocycles. The van der Waals surface area contributed by atoms with Crippen molar-refractivity contribution in [2.75, 3.05) is 7.11 Å². The van der Waals surface area contributed by atoms with Crippen LogP contribution in [0.3, 0.4) is 0 Å². The van der Waals surface area contributed by atoms with Gasteiger partial charge in [-0.1, -0.05) is 42.5 Å². The van der Waals surface area contributed by atoms with Crippen molar-refractivity contribution in [3.63, 3.8) is 0 Å². The van der Waals surface area contributed by atoms with Gasteiger partial charge in [0.05, 0.1) is 13.7 Å². The van der Waals surface area contributed by atoms with Crippen LogP contribution in [0.25, 0.3) is 0 Å². The summed E-state index contributed by atoms with van der Waals surface area (Å²) in [5.74, 6) is 1.03. The van der Waals surface area contributed by atoms with E-state index in [0.717, 1.165) is 16.9 Å². The van der Waals surface area contributed by atoms with Gasteiger partial charge in [0.2, 0.25) is 5.89 Å². The van der Waals surface area contributed by atoms with E-state index in [2.05, 4.69) is 38.4 Å². The molecule has 7 heteroatoms. The van der Waals surface area contributed by atoms with Gasteiger partial charge >= 0.3 is 0 Å². The van der Waals surface area contributed by atoms with Crippen LogP contribution < -0.4 is 10.1 Å².